The van der Waals surface area contributed by atoms with E-state index >= 15 is 0 Å². The van der Waals surface area contributed by atoms with Gasteiger partial charge in [0.15, 0.2) is 5.78 Å². The number of ketones is 1. The van der Waals surface area contributed by atoms with Crippen molar-refractivity contribution < 1.29 is 4.79 Å². The molecule has 138 valence electrons. The molecule has 2 aliphatic rings. The molecule has 1 aromatic heterocycles. The van der Waals surface area contributed by atoms with E-state index in [0.717, 1.165) is 23.3 Å². The molecule has 0 saturated heterocycles. The Labute approximate surface area is 163 Å². The number of fused-ring (bicyclic) bond motifs is 1. The maximum Gasteiger partial charge on any atom is 0.226 e. The molecule has 5 nitrogen and oxygen atoms in total. The summed E-state index contributed by atoms with van der Waals surface area (Å²) in [5, 5.41) is 7.71. The molecule has 5 rings (SSSR count). The van der Waals surface area contributed by atoms with E-state index in [2.05, 4.69) is 27.5 Å². The molecular formula is C23H20N4O. The zero-order chi connectivity index (χ0) is 18.9. The van der Waals surface area contributed by atoms with Gasteiger partial charge in [0.05, 0.1) is 0 Å². The number of benzene rings is 2. The summed E-state index contributed by atoms with van der Waals surface area (Å²) in [6.45, 7) is 0. The second kappa shape index (κ2) is 6.93. The van der Waals surface area contributed by atoms with E-state index in [1.807, 2.05) is 60.7 Å². The fraction of sp³-hybridized carbons (Fsp3) is 0.174. The van der Waals surface area contributed by atoms with Crippen molar-refractivity contribution >= 4 is 17.8 Å². The van der Waals surface area contributed by atoms with Crippen molar-refractivity contribution in [1.29, 1.82) is 0 Å². The van der Waals surface area contributed by atoms with Crippen LogP contribution in [0.4, 0.5) is 5.95 Å². The second-order valence-corrected chi connectivity index (χ2v) is 7.20. The lowest BCUT2D eigenvalue weighted by Gasteiger charge is -2.33. The van der Waals surface area contributed by atoms with Crippen LogP contribution >= 0.6 is 0 Å². The summed E-state index contributed by atoms with van der Waals surface area (Å²) in [5.41, 5.74) is 4.06. The third-order valence-corrected chi connectivity index (χ3v) is 5.44. The molecule has 0 amide bonds. The van der Waals surface area contributed by atoms with Gasteiger partial charge < -0.3 is 5.32 Å². The summed E-state index contributed by atoms with van der Waals surface area (Å²) in [7, 11) is 0. The molecule has 3 aromatic rings. The van der Waals surface area contributed by atoms with Crippen molar-refractivity contribution in [3.8, 4) is 0 Å². The van der Waals surface area contributed by atoms with Gasteiger partial charge in [-0.25, -0.2) is 4.68 Å². The average molecular weight is 368 g/mol. The number of nitrogens with one attached hydrogen (secondary N) is 1. The van der Waals surface area contributed by atoms with Gasteiger partial charge in [0.2, 0.25) is 5.95 Å². The molecule has 2 atom stereocenters. The van der Waals surface area contributed by atoms with Gasteiger partial charge in [-0.05, 0) is 23.5 Å². The average Bonchev–Trinajstić information content (AvgIpc) is 3.21. The van der Waals surface area contributed by atoms with Crippen LogP contribution in [-0.4, -0.2) is 20.5 Å². The fourth-order valence-corrected chi connectivity index (χ4v) is 4.10. The third-order valence-electron chi connectivity index (χ3n) is 5.44. The maximum atomic E-state index is 13.2. The van der Waals surface area contributed by atoms with Gasteiger partial charge >= 0.3 is 0 Å². The predicted molar refractivity (Wildman–Crippen MR) is 109 cm³/mol. The van der Waals surface area contributed by atoms with Gasteiger partial charge in [-0.15, -0.1) is 0 Å². The van der Waals surface area contributed by atoms with Crippen LogP contribution < -0.4 is 5.32 Å². The molecule has 1 aliphatic heterocycles. The first-order chi connectivity index (χ1) is 13.8. The summed E-state index contributed by atoms with van der Waals surface area (Å²) in [4.78, 5) is 17.5. The zero-order valence-corrected chi connectivity index (χ0v) is 15.3. The Morgan fingerprint density at radius 1 is 1.00 bits per heavy atom. The van der Waals surface area contributed by atoms with Gasteiger partial charge in [-0.3, -0.25) is 4.79 Å². The van der Waals surface area contributed by atoms with Crippen LogP contribution in [0.5, 0.6) is 0 Å². The van der Waals surface area contributed by atoms with Crippen LogP contribution in [0.15, 0.2) is 84.3 Å². The van der Waals surface area contributed by atoms with Gasteiger partial charge in [0.25, 0.3) is 0 Å². The lowest BCUT2D eigenvalue weighted by Crippen LogP contribution is -2.32. The number of allylic oxidation sites excluding steroid dienone is 3. The minimum absolute atomic E-state index is 0.173. The Morgan fingerprint density at radius 2 is 1.75 bits per heavy atom. The van der Waals surface area contributed by atoms with E-state index in [4.69, 9.17) is 0 Å². The normalized spacial score (nSPS) is 21.4. The molecule has 1 aliphatic carbocycles. The number of hydrogen-bond donors (Lipinski definition) is 1. The molecule has 2 aromatic carbocycles. The second-order valence-electron chi connectivity index (χ2n) is 7.20. The number of hydrogen-bond acceptors (Lipinski definition) is 4. The Bertz CT molecular complexity index is 1070. The van der Waals surface area contributed by atoms with Crippen LogP contribution in [0.3, 0.4) is 0 Å². The van der Waals surface area contributed by atoms with Gasteiger partial charge in [0.1, 0.15) is 12.4 Å². The lowest BCUT2D eigenvalue weighted by atomic mass is 9.79. The highest BCUT2D eigenvalue weighted by molar-refractivity contribution is 6.00. The Balaban J connectivity index is 1.53. The molecule has 0 fully saturated rings. The highest BCUT2D eigenvalue weighted by Crippen LogP contribution is 2.42. The molecule has 28 heavy (non-hydrogen) atoms. The van der Waals surface area contributed by atoms with Crippen molar-refractivity contribution in [3.63, 3.8) is 0 Å². The van der Waals surface area contributed by atoms with Crippen LogP contribution in [0.1, 0.15) is 35.9 Å². The number of nitrogens with zero attached hydrogens (tertiary/aromatic N) is 3. The topological polar surface area (TPSA) is 59.8 Å². The van der Waals surface area contributed by atoms with E-state index in [1.54, 1.807) is 4.68 Å². The minimum Gasteiger partial charge on any atom is -0.328 e. The summed E-state index contributed by atoms with van der Waals surface area (Å²) in [5.74, 6) is 1.04. The highest BCUT2D eigenvalue weighted by Gasteiger charge is 2.37. The molecule has 0 bridgehead atoms. The summed E-state index contributed by atoms with van der Waals surface area (Å²) < 4.78 is 1.79. The van der Waals surface area contributed by atoms with Gasteiger partial charge in [-0.2, -0.15) is 10.1 Å². The van der Waals surface area contributed by atoms with Crippen LogP contribution in [0, 0.1) is 0 Å². The molecule has 2 heterocycles. The maximum absolute atomic E-state index is 13.2. The van der Waals surface area contributed by atoms with Gasteiger partial charge in [-0.1, -0.05) is 72.8 Å². The number of Topliss-reactive ketones (excluding diaryl/α,β-unsaturated/α-hetero) is 1. The fourth-order valence-electron chi connectivity index (χ4n) is 4.10. The largest absolute Gasteiger partial charge is 0.328 e. The van der Waals surface area contributed by atoms with E-state index in [1.165, 1.54) is 11.9 Å². The number of aromatic nitrogens is 3. The van der Waals surface area contributed by atoms with E-state index in [9.17, 15) is 4.79 Å². The van der Waals surface area contributed by atoms with Crippen LogP contribution in [0.25, 0.3) is 6.08 Å². The minimum atomic E-state index is -0.238. The van der Waals surface area contributed by atoms with E-state index in [-0.39, 0.29) is 17.7 Å². The Kier molecular flexibility index (Phi) is 4.13. The molecule has 0 radical (unpaired) electrons. The number of carbonyl (C=O) groups excluding carboxylic acids is 1. The monoisotopic (exact) mass is 368 g/mol. The SMILES string of the molecule is O=C1CC(c2ccccc2)CC2=C1C(C=Cc1ccccc1)n1ncnc1N2. The molecule has 5 heteroatoms. The van der Waals surface area contributed by atoms with Crippen LogP contribution in [-0.2, 0) is 4.79 Å². The first-order valence-corrected chi connectivity index (χ1v) is 9.50. The standard InChI is InChI=1S/C23H20N4O/c28-21-14-18(17-9-5-2-6-10-17)13-19-22(21)20(27-23(26-19)24-15-25-27)12-11-16-7-3-1-4-8-16/h1-12,15,18,20H,13-14H2,(H,24,25,26). The predicted octanol–water partition coefficient (Wildman–Crippen LogP) is 4.36. The first-order valence-electron chi connectivity index (χ1n) is 9.50. The molecule has 0 saturated carbocycles. The van der Waals surface area contributed by atoms with E-state index in [0.29, 0.717) is 12.4 Å². The summed E-state index contributed by atoms with van der Waals surface area (Å²) in [6, 6.07) is 20.1. The first kappa shape index (κ1) is 16.7. The smallest absolute Gasteiger partial charge is 0.226 e. The zero-order valence-electron chi connectivity index (χ0n) is 15.3. The number of carbonyl (C=O) groups is 1. The van der Waals surface area contributed by atoms with Gasteiger partial charge in [0, 0.05) is 17.7 Å². The lowest BCUT2D eigenvalue weighted by molar-refractivity contribution is -0.116. The highest BCUT2D eigenvalue weighted by atomic mass is 16.1. The molecule has 2 unspecified atom stereocenters. The van der Waals surface area contributed by atoms with Crippen molar-refractivity contribution in [3.05, 3.63) is 95.5 Å². The third kappa shape index (κ3) is 2.95. The van der Waals surface area contributed by atoms with Crippen LogP contribution in [0.2, 0.25) is 0 Å². The molecule has 0 spiro atoms. The summed E-state index contributed by atoms with van der Waals surface area (Å²) >= 11 is 0. The van der Waals surface area contributed by atoms with Crippen molar-refractivity contribution in [1.82, 2.24) is 14.8 Å². The number of anilines is 1. The quantitative estimate of drug-likeness (QED) is 0.746. The van der Waals surface area contributed by atoms with E-state index < -0.39 is 0 Å². The summed E-state index contributed by atoms with van der Waals surface area (Å²) in [6.07, 6.45) is 6.94. The number of rotatable bonds is 3. The van der Waals surface area contributed by atoms with Crippen molar-refractivity contribution in [2.45, 2.75) is 24.8 Å². The van der Waals surface area contributed by atoms with Crippen molar-refractivity contribution in [2.24, 2.45) is 0 Å². The Morgan fingerprint density at radius 3 is 2.54 bits per heavy atom. The Hall–Kier alpha value is -3.47. The molecular weight excluding hydrogens is 348 g/mol. The molecule has 1 N–H and O–H groups in total. The van der Waals surface area contributed by atoms with Crippen molar-refractivity contribution in [2.75, 3.05) is 5.32 Å².